The number of amides is 1. The summed E-state index contributed by atoms with van der Waals surface area (Å²) in [5.74, 6) is 1.27. The minimum Gasteiger partial charge on any atom is -0.442 e. The summed E-state index contributed by atoms with van der Waals surface area (Å²) >= 11 is 0. The summed E-state index contributed by atoms with van der Waals surface area (Å²) in [6.07, 6.45) is 6.05. The van der Waals surface area contributed by atoms with E-state index in [2.05, 4.69) is 31.8 Å². The molecule has 8 heteroatoms. The molecule has 0 spiro atoms. The van der Waals surface area contributed by atoms with Gasteiger partial charge in [-0.05, 0) is 45.6 Å². The molecule has 1 saturated carbocycles. The molecule has 1 aliphatic carbocycles. The summed E-state index contributed by atoms with van der Waals surface area (Å²) in [5.41, 5.74) is 4.15. The van der Waals surface area contributed by atoms with Crippen molar-refractivity contribution in [3.63, 3.8) is 0 Å². The van der Waals surface area contributed by atoms with E-state index in [1.165, 1.54) is 6.33 Å². The fourth-order valence-electron chi connectivity index (χ4n) is 4.16. The lowest BCUT2D eigenvalue weighted by Crippen LogP contribution is -2.37. The molecule has 4 heterocycles. The van der Waals surface area contributed by atoms with Gasteiger partial charge < -0.3 is 14.2 Å². The number of hydrogen-bond acceptors (Lipinski definition) is 7. The Bertz CT molecular complexity index is 1130. The van der Waals surface area contributed by atoms with Gasteiger partial charge in [-0.3, -0.25) is 4.79 Å². The summed E-state index contributed by atoms with van der Waals surface area (Å²) in [7, 11) is 2.03. The van der Waals surface area contributed by atoms with Crippen LogP contribution in [0.1, 0.15) is 52.8 Å². The molecule has 0 bridgehead atoms. The lowest BCUT2D eigenvalue weighted by molar-refractivity contribution is 0.0731. The third kappa shape index (κ3) is 2.77. The predicted octanol–water partition coefficient (Wildman–Crippen LogP) is 2.82. The average molecular weight is 392 g/mol. The largest absolute Gasteiger partial charge is 0.442 e. The molecule has 0 N–H and O–H groups in total. The van der Waals surface area contributed by atoms with Crippen molar-refractivity contribution in [3.8, 4) is 0 Å². The van der Waals surface area contributed by atoms with E-state index in [0.29, 0.717) is 35.5 Å². The molecule has 150 valence electrons. The first-order chi connectivity index (χ1) is 13.9. The fraction of sp³-hybridized carbons (Fsp3) is 0.476. The molecule has 1 aliphatic heterocycles. The molecule has 0 atom stereocenters. The zero-order valence-corrected chi connectivity index (χ0v) is 17.2. The van der Waals surface area contributed by atoms with Gasteiger partial charge in [0.25, 0.3) is 5.91 Å². The van der Waals surface area contributed by atoms with Gasteiger partial charge in [0.2, 0.25) is 5.71 Å². The molecule has 5 rings (SSSR count). The van der Waals surface area contributed by atoms with Crippen molar-refractivity contribution in [1.29, 1.82) is 0 Å². The third-order valence-electron chi connectivity index (χ3n) is 6.47. The first-order valence-electron chi connectivity index (χ1n) is 9.95. The van der Waals surface area contributed by atoms with Crippen molar-refractivity contribution in [1.82, 2.24) is 24.8 Å². The molecular weight excluding hydrogens is 368 g/mol. The minimum absolute atomic E-state index is 0.0615. The minimum atomic E-state index is -0.0615. The number of furan rings is 1. The highest BCUT2D eigenvalue weighted by Crippen LogP contribution is 2.44. The van der Waals surface area contributed by atoms with Crippen LogP contribution >= 0.6 is 0 Å². The topological polar surface area (TPSA) is 88.2 Å². The second kappa shape index (κ2) is 6.23. The summed E-state index contributed by atoms with van der Waals surface area (Å²) in [6, 6.07) is 0. The van der Waals surface area contributed by atoms with E-state index in [9.17, 15) is 4.79 Å². The van der Waals surface area contributed by atoms with Gasteiger partial charge >= 0.3 is 0 Å². The van der Waals surface area contributed by atoms with Crippen molar-refractivity contribution < 1.29 is 9.21 Å². The van der Waals surface area contributed by atoms with Crippen LogP contribution in [0.2, 0.25) is 0 Å². The highest BCUT2D eigenvalue weighted by Gasteiger charge is 2.43. The van der Waals surface area contributed by atoms with Gasteiger partial charge in [0.15, 0.2) is 0 Å². The van der Waals surface area contributed by atoms with Gasteiger partial charge in [-0.1, -0.05) is 0 Å². The van der Waals surface area contributed by atoms with Gasteiger partial charge in [0.05, 0.1) is 23.2 Å². The lowest BCUT2D eigenvalue weighted by Gasteiger charge is -2.29. The van der Waals surface area contributed by atoms with E-state index >= 15 is 0 Å². The number of nitrogens with zero attached hydrogens (tertiary/aromatic N) is 6. The molecular formula is C21H24N6O2. The molecule has 3 aromatic heterocycles. The van der Waals surface area contributed by atoms with Crippen LogP contribution < -0.4 is 4.90 Å². The smallest absolute Gasteiger partial charge is 0.258 e. The summed E-state index contributed by atoms with van der Waals surface area (Å²) in [6.45, 7) is 7.12. The maximum absolute atomic E-state index is 13.6. The molecule has 3 aromatic rings. The zero-order chi connectivity index (χ0) is 20.3. The quantitative estimate of drug-likeness (QED) is 0.677. The lowest BCUT2D eigenvalue weighted by atomic mass is 10.0. The van der Waals surface area contributed by atoms with Crippen LogP contribution in [-0.4, -0.2) is 49.9 Å². The summed E-state index contributed by atoms with van der Waals surface area (Å²) < 4.78 is 5.87. The van der Waals surface area contributed by atoms with Gasteiger partial charge in [0.1, 0.15) is 24.2 Å². The second-order valence-electron chi connectivity index (χ2n) is 8.33. The molecule has 1 amide bonds. The molecule has 2 aliphatic rings. The number of anilines is 1. The Morgan fingerprint density at radius 1 is 1.17 bits per heavy atom. The number of carbonyl (C=O) groups is 1. The second-order valence-corrected chi connectivity index (χ2v) is 8.33. The maximum atomic E-state index is 13.6. The van der Waals surface area contributed by atoms with Gasteiger partial charge in [0, 0.05) is 24.8 Å². The van der Waals surface area contributed by atoms with Crippen molar-refractivity contribution in [2.75, 3.05) is 18.5 Å². The van der Waals surface area contributed by atoms with Crippen LogP contribution in [0.25, 0.3) is 11.1 Å². The number of rotatable bonds is 3. The molecule has 0 radical (unpaired) electrons. The van der Waals surface area contributed by atoms with E-state index in [0.717, 1.165) is 42.0 Å². The predicted molar refractivity (Wildman–Crippen MR) is 108 cm³/mol. The van der Waals surface area contributed by atoms with Gasteiger partial charge in [-0.15, -0.1) is 0 Å². The Labute approximate surface area is 169 Å². The molecule has 29 heavy (non-hydrogen) atoms. The third-order valence-corrected chi connectivity index (χ3v) is 6.47. The van der Waals surface area contributed by atoms with Crippen LogP contribution in [-0.2, 0) is 13.0 Å². The van der Waals surface area contributed by atoms with Gasteiger partial charge in [-0.2, -0.15) is 0 Å². The average Bonchev–Trinajstić information content (AvgIpc) is 3.37. The van der Waals surface area contributed by atoms with Crippen LogP contribution in [0.3, 0.4) is 0 Å². The molecule has 0 unspecified atom stereocenters. The summed E-state index contributed by atoms with van der Waals surface area (Å²) in [5, 5.41) is 0.704. The summed E-state index contributed by atoms with van der Waals surface area (Å²) in [4.78, 5) is 35.1. The maximum Gasteiger partial charge on any atom is 0.258 e. The van der Waals surface area contributed by atoms with E-state index in [4.69, 9.17) is 4.42 Å². The highest BCUT2D eigenvalue weighted by atomic mass is 16.3. The Hall–Kier alpha value is -3.03. The Balaban J connectivity index is 1.56. The fourth-order valence-corrected chi connectivity index (χ4v) is 4.16. The monoisotopic (exact) mass is 392 g/mol. The molecule has 0 saturated heterocycles. The number of fused-ring (bicyclic) bond motifs is 2. The Morgan fingerprint density at radius 3 is 2.69 bits per heavy atom. The SMILES string of the molecule is Cc1ncnc2c1CCN(C(=O)c1c(C)oc3ncnc(N(C)C4(C)CC4)c13)C2. The number of aryl methyl sites for hydroxylation is 2. The van der Waals surface area contributed by atoms with Gasteiger partial charge in [-0.25, -0.2) is 19.9 Å². The van der Waals surface area contributed by atoms with E-state index in [1.807, 2.05) is 25.8 Å². The number of hydrogen-bond donors (Lipinski definition) is 0. The Morgan fingerprint density at radius 2 is 1.93 bits per heavy atom. The van der Waals surface area contributed by atoms with Crippen molar-refractivity contribution in [3.05, 3.63) is 40.9 Å². The number of carbonyl (C=O) groups excluding carboxylic acids is 1. The van der Waals surface area contributed by atoms with E-state index < -0.39 is 0 Å². The number of aromatic nitrogens is 4. The molecule has 1 fully saturated rings. The zero-order valence-electron chi connectivity index (χ0n) is 17.2. The van der Waals surface area contributed by atoms with Crippen LogP contribution in [0, 0.1) is 13.8 Å². The van der Waals surface area contributed by atoms with Crippen molar-refractivity contribution in [2.24, 2.45) is 0 Å². The van der Waals surface area contributed by atoms with Crippen molar-refractivity contribution >= 4 is 22.8 Å². The standard InChI is InChI=1S/C21H24N6O2/c1-12-14-5-8-27(9-15(14)23-10-22-12)20(28)16-13(2)29-19-17(16)18(24-11-25-19)26(4)21(3)6-7-21/h10-11H,5-9H2,1-4H3. The van der Waals surface area contributed by atoms with Crippen molar-refractivity contribution in [2.45, 2.75) is 52.1 Å². The highest BCUT2D eigenvalue weighted by molar-refractivity contribution is 6.10. The van der Waals surface area contributed by atoms with Crippen LogP contribution in [0.4, 0.5) is 5.82 Å². The first-order valence-corrected chi connectivity index (χ1v) is 9.95. The van der Waals surface area contributed by atoms with E-state index in [-0.39, 0.29) is 11.4 Å². The normalized spacial score (nSPS) is 17.3. The van der Waals surface area contributed by atoms with Crippen LogP contribution in [0.15, 0.2) is 17.1 Å². The molecule has 8 nitrogen and oxygen atoms in total. The first kappa shape index (κ1) is 18.0. The molecule has 0 aromatic carbocycles. The van der Waals surface area contributed by atoms with Crippen LogP contribution in [0.5, 0.6) is 0 Å². The van der Waals surface area contributed by atoms with E-state index in [1.54, 1.807) is 6.33 Å². The Kier molecular flexibility index (Phi) is 3.88.